The third-order valence-electron chi connectivity index (χ3n) is 5.12. The van der Waals surface area contributed by atoms with Crippen LogP contribution in [0.1, 0.15) is 13.8 Å². The van der Waals surface area contributed by atoms with E-state index in [0.29, 0.717) is 0 Å². The number of hydrogen-bond acceptors (Lipinski definition) is 8. The molecule has 0 aliphatic carbocycles. The van der Waals surface area contributed by atoms with E-state index in [0.717, 1.165) is 70.9 Å². The molecule has 1 aliphatic rings. The number of hydrogen-bond donors (Lipinski definition) is 3. The van der Waals surface area contributed by atoms with Crippen LogP contribution in [0.2, 0.25) is 0 Å². The molecule has 1 aliphatic heterocycles. The highest BCUT2D eigenvalue weighted by Gasteiger charge is 2.17. The molecule has 1 aromatic carbocycles. The Morgan fingerprint density at radius 1 is 1.10 bits per heavy atom. The number of thiazole rings is 1. The van der Waals surface area contributed by atoms with Gasteiger partial charge in [0.1, 0.15) is 17.5 Å². The van der Waals surface area contributed by atoms with Crippen molar-refractivity contribution in [2.24, 2.45) is 0 Å². The summed E-state index contributed by atoms with van der Waals surface area (Å²) < 4.78 is 6.60. The molecule has 0 bridgehead atoms. The van der Waals surface area contributed by atoms with Gasteiger partial charge in [-0.1, -0.05) is 0 Å². The molecule has 9 heteroatoms. The summed E-state index contributed by atoms with van der Waals surface area (Å²) in [5.74, 6) is 2.58. The quantitative estimate of drug-likeness (QED) is 0.411. The Balaban J connectivity index is 1.43. The second kappa shape index (κ2) is 8.52. The van der Waals surface area contributed by atoms with Gasteiger partial charge in [-0.2, -0.15) is 0 Å². The molecular weight excluding hydrogens is 410 g/mol. The maximum Gasteiger partial charge on any atom is 0.142 e. The molecule has 3 N–H and O–H groups in total. The third-order valence-corrected chi connectivity index (χ3v) is 5.91. The summed E-state index contributed by atoms with van der Waals surface area (Å²) in [6, 6.07) is 8.44. The fourth-order valence-corrected chi connectivity index (χ4v) is 4.35. The third kappa shape index (κ3) is 4.33. The molecule has 4 heterocycles. The van der Waals surface area contributed by atoms with Crippen molar-refractivity contribution in [3.63, 3.8) is 0 Å². The molecule has 0 radical (unpaired) electrons. The SMILES string of the molecule is CC(C)Nc1cc(Nc2ccc3ncsc3c2)ncc1-c1ncc(N2CCOCC2)[nH]1. The minimum Gasteiger partial charge on any atom is -0.382 e. The van der Waals surface area contributed by atoms with E-state index >= 15 is 0 Å². The van der Waals surface area contributed by atoms with E-state index in [-0.39, 0.29) is 6.04 Å². The topological polar surface area (TPSA) is 91.0 Å². The zero-order chi connectivity index (χ0) is 21.2. The first-order valence-electron chi connectivity index (χ1n) is 10.4. The second-order valence-electron chi connectivity index (χ2n) is 7.79. The molecular formula is C22H25N7OS. The summed E-state index contributed by atoms with van der Waals surface area (Å²) >= 11 is 1.63. The highest BCUT2D eigenvalue weighted by molar-refractivity contribution is 7.16. The number of nitrogens with zero attached hydrogens (tertiary/aromatic N) is 4. The van der Waals surface area contributed by atoms with Crippen LogP contribution in [0.5, 0.6) is 0 Å². The molecule has 1 fully saturated rings. The Bertz CT molecular complexity index is 1180. The number of benzene rings is 1. The minimum absolute atomic E-state index is 0.274. The van der Waals surface area contributed by atoms with Crippen LogP contribution in [0.3, 0.4) is 0 Å². The van der Waals surface area contributed by atoms with Crippen molar-refractivity contribution in [2.45, 2.75) is 19.9 Å². The molecule has 31 heavy (non-hydrogen) atoms. The van der Waals surface area contributed by atoms with E-state index in [1.807, 2.05) is 36.1 Å². The van der Waals surface area contributed by atoms with Crippen LogP contribution in [0, 0.1) is 0 Å². The van der Waals surface area contributed by atoms with Crippen molar-refractivity contribution in [3.05, 3.63) is 42.2 Å². The van der Waals surface area contributed by atoms with Crippen molar-refractivity contribution in [2.75, 3.05) is 41.8 Å². The molecule has 0 atom stereocenters. The zero-order valence-corrected chi connectivity index (χ0v) is 18.4. The number of ether oxygens (including phenoxy) is 1. The summed E-state index contributed by atoms with van der Waals surface area (Å²) in [6.45, 7) is 7.45. The van der Waals surface area contributed by atoms with E-state index in [2.05, 4.69) is 55.4 Å². The van der Waals surface area contributed by atoms with E-state index in [1.165, 1.54) is 0 Å². The van der Waals surface area contributed by atoms with Gasteiger partial charge in [0.05, 0.1) is 46.4 Å². The second-order valence-corrected chi connectivity index (χ2v) is 8.68. The van der Waals surface area contributed by atoms with E-state index in [9.17, 15) is 0 Å². The van der Waals surface area contributed by atoms with Gasteiger partial charge in [-0.05, 0) is 32.0 Å². The normalized spacial score (nSPS) is 14.4. The Kier molecular flexibility index (Phi) is 5.44. The fourth-order valence-electron chi connectivity index (χ4n) is 3.64. The highest BCUT2D eigenvalue weighted by atomic mass is 32.1. The maximum absolute atomic E-state index is 5.45. The van der Waals surface area contributed by atoms with Crippen LogP contribution in [-0.4, -0.2) is 52.3 Å². The van der Waals surface area contributed by atoms with Gasteiger partial charge in [-0.3, -0.25) is 0 Å². The van der Waals surface area contributed by atoms with Gasteiger partial charge in [-0.15, -0.1) is 11.3 Å². The van der Waals surface area contributed by atoms with Gasteiger partial charge in [-0.25, -0.2) is 15.0 Å². The molecule has 4 aromatic rings. The molecule has 0 unspecified atom stereocenters. The van der Waals surface area contributed by atoms with Gasteiger partial charge in [0, 0.05) is 37.1 Å². The van der Waals surface area contributed by atoms with Crippen LogP contribution in [0.25, 0.3) is 21.6 Å². The Morgan fingerprint density at radius 2 is 1.97 bits per heavy atom. The molecule has 160 valence electrons. The number of fused-ring (bicyclic) bond motifs is 1. The van der Waals surface area contributed by atoms with Gasteiger partial charge in [0.25, 0.3) is 0 Å². The first-order valence-corrected chi connectivity index (χ1v) is 11.3. The number of rotatable bonds is 6. The minimum atomic E-state index is 0.274. The first-order chi connectivity index (χ1) is 15.2. The highest BCUT2D eigenvalue weighted by Crippen LogP contribution is 2.31. The molecule has 5 rings (SSSR count). The largest absolute Gasteiger partial charge is 0.382 e. The predicted octanol–water partition coefficient (Wildman–Crippen LogP) is 4.48. The standard InChI is InChI=1S/C22H25N7OS/c1-14(2)26-18-10-20(27-15-3-4-17-19(9-15)31-13-25-17)23-11-16(18)22-24-12-21(28-22)29-5-7-30-8-6-29/h3-4,9-14H,5-8H2,1-2H3,(H,24,28)(H2,23,26,27). The summed E-state index contributed by atoms with van der Waals surface area (Å²) in [4.78, 5) is 19.3. The summed E-state index contributed by atoms with van der Waals surface area (Å²) in [6.07, 6.45) is 3.75. The summed E-state index contributed by atoms with van der Waals surface area (Å²) in [5.41, 5.74) is 5.78. The van der Waals surface area contributed by atoms with Crippen molar-refractivity contribution in [1.82, 2.24) is 19.9 Å². The number of imidazole rings is 1. The zero-order valence-electron chi connectivity index (χ0n) is 17.6. The van der Waals surface area contributed by atoms with Crippen molar-refractivity contribution < 1.29 is 4.74 Å². The van der Waals surface area contributed by atoms with Gasteiger partial charge < -0.3 is 25.3 Å². The lowest BCUT2D eigenvalue weighted by molar-refractivity contribution is 0.122. The monoisotopic (exact) mass is 435 g/mol. The Hall–Kier alpha value is -3.17. The van der Waals surface area contributed by atoms with E-state index < -0.39 is 0 Å². The number of nitrogens with one attached hydrogen (secondary N) is 3. The van der Waals surface area contributed by atoms with Gasteiger partial charge in [0.15, 0.2) is 0 Å². The fraction of sp³-hybridized carbons (Fsp3) is 0.318. The molecule has 3 aromatic heterocycles. The summed E-state index contributed by atoms with van der Waals surface area (Å²) in [7, 11) is 0. The molecule has 1 saturated heterocycles. The first kappa shape index (κ1) is 19.8. The smallest absolute Gasteiger partial charge is 0.142 e. The Labute approximate surface area is 184 Å². The molecule has 8 nitrogen and oxygen atoms in total. The number of morpholine rings is 1. The number of pyridine rings is 1. The molecule has 0 saturated carbocycles. The predicted molar refractivity (Wildman–Crippen MR) is 127 cm³/mol. The van der Waals surface area contributed by atoms with E-state index in [4.69, 9.17) is 4.74 Å². The summed E-state index contributed by atoms with van der Waals surface area (Å²) in [5, 5.41) is 6.94. The lowest BCUT2D eigenvalue weighted by Crippen LogP contribution is -2.36. The van der Waals surface area contributed by atoms with Crippen molar-refractivity contribution >= 4 is 44.6 Å². The van der Waals surface area contributed by atoms with Gasteiger partial charge in [0.2, 0.25) is 0 Å². The van der Waals surface area contributed by atoms with E-state index in [1.54, 1.807) is 11.3 Å². The van der Waals surface area contributed by atoms with Crippen molar-refractivity contribution in [3.8, 4) is 11.4 Å². The molecule has 0 amide bonds. The van der Waals surface area contributed by atoms with Crippen LogP contribution in [0.15, 0.2) is 42.2 Å². The lowest BCUT2D eigenvalue weighted by Gasteiger charge is -2.26. The number of aromatic amines is 1. The van der Waals surface area contributed by atoms with Crippen LogP contribution >= 0.6 is 11.3 Å². The maximum atomic E-state index is 5.45. The van der Waals surface area contributed by atoms with Crippen LogP contribution < -0.4 is 15.5 Å². The number of aromatic nitrogens is 4. The number of anilines is 4. The lowest BCUT2D eigenvalue weighted by atomic mass is 10.2. The molecule has 0 spiro atoms. The number of H-pyrrole nitrogens is 1. The van der Waals surface area contributed by atoms with Crippen LogP contribution in [-0.2, 0) is 4.74 Å². The van der Waals surface area contributed by atoms with Crippen molar-refractivity contribution in [1.29, 1.82) is 0 Å². The Morgan fingerprint density at radius 3 is 2.81 bits per heavy atom. The average Bonchev–Trinajstić information content (AvgIpc) is 3.44. The van der Waals surface area contributed by atoms with Gasteiger partial charge >= 0.3 is 0 Å². The van der Waals surface area contributed by atoms with Crippen LogP contribution in [0.4, 0.5) is 23.0 Å². The average molecular weight is 436 g/mol.